The van der Waals surface area contributed by atoms with Crippen LogP contribution in [0.5, 0.6) is 34.5 Å². The lowest BCUT2D eigenvalue weighted by Gasteiger charge is -2.20. The number of unbranched alkanes of at least 4 members (excludes halogenated alkanes) is 54. The van der Waals surface area contributed by atoms with Gasteiger partial charge < -0.3 is 60.3 Å². The molecule has 0 aromatic heterocycles. The van der Waals surface area contributed by atoms with Gasteiger partial charge in [0.1, 0.15) is 0 Å². The number of fused-ring (bicyclic) bond motifs is 6. The predicted molar refractivity (Wildman–Crippen MR) is 501 cm³/mol. The van der Waals surface area contributed by atoms with Crippen LogP contribution in [0.2, 0.25) is 0 Å². The number of carbonyl (C=O) groups excluding carboxylic acids is 6. The van der Waals surface area contributed by atoms with Crippen LogP contribution in [0.1, 0.15) is 427 Å². The van der Waals surface area contributed by atoms with E-state index in [1.54, 1.807) is 36.4 Å². The largest absolute Gasteiger partial charge is 0.480 e. The van der Waals surface area contributed by atoms with E-state index in [-0.39, 0.29) is 110 Å². The van der Waals surface area contributed by atoms with Gasteiger partial charge in [0.2, 0.25) is 0 Å². The molecule has 0 fully saturated rings. The Morgan fingerprint density at radius 3 is 0.375 bits per heavy atom. The van der Waals surface area contributed by atoms with Crippen molar-refractivity contribution in [2.45, 2.75) is 427 Å². The van der Waals surface area contributed by atoms with Gasteiger partial charge in [-0.3, -0.25) is 28.8 Å². The third-order valence-electron chi connectivity index (χ3n) is 23.4. The molecule has 684 valence electrons. The smallest absolute Gasteiger partial charge is 0.257 e. The maximum atomic E-state index is 13.9. The second-order valence-corrected chi connectivity index (χ2v) is 34.5. The van der Waals surface area contributed by atoms with Crippen LogP contribution >= 0.6 is 0 Å². The van der Waals surface area contributed by atoms with E-state index in [0.717, 1.165) is 116 Å². The lowest BCUT2D eigenvalue weighted by Crippen LogP contribution is -2.30. The summed E-state index contributed by atoms with van der Waals surface area (Å²) in [4.78, 5) is 83.4. The number of ether oxygens (including phenoxy) is 6. The van der Waals surface area contributed by atoms with E-state index in [1.165, 1.54) is 270 Å². The van der Waals surface area contributed by atoms with Crippen LogP contribution in [0.25, 0.3) is 32.3 Å². The van der Waals surface area contributed by atoms with Crippen molar-refractivity contribution in [2.24, 2.45) is 0 Å². The van der Waals surface area contributed by atoms with Gasteiger partial charge in [-0.05, 0) is 107 Å². The molecule has 6 N–H and O–H groups in total. The molecule has 0 aliphatic carbocycles. The van der Waals surface area contributed by atoms with Gasteiger partial charge in [-0.1, -0.05) is 388 Å². The molecule has 0 saturated heterocycles. The first kappa shape index (κ1) is 106. The van der Waals surface area contributed by atoms with Crippen LogP contribution in [-0.4, -0.2) is 114 Å². The molecule has 120 heavy (non-hydrogen) atoms. The minimum Gasteiger partial charge on any atom is -0.480 e. The fourth-order valence-corrected chi connectivity index (χ4v) is 15.9. The van der Waals surface area contributed by atoms with E-state index in [2.05, 4.69) is 73.4 Å². The van der Waals surface area contributed by atoms with Gasteiger partial charge in [-0.15, -0.1) is 0 Å². The number of amides is 6. The van der Waals surface area contributed by atoms with Crippen molar-refractivity contribution >= 4 is 67.8 Å². The van der Waals surface area contributed by atoms with Crippen molar-refractivity contribution in [3.05, 3.63) is 36.4 Å². The lowest BCUT2D eigenvalue weighted by atomic mass is 9.93. The highest BCUT2D eigenvalue weighted by atomic mass is 16.5. The monoisotopic (exact) mass is 1680 g/mol. The third kappa shape index (κ3) is 52.0. The summed E-state index contributed by atoms with van der Waals surface area (Å²) in [5.41, 5.74) is 0. The van der Waals surface area contributed by atoms with Crippen LogP contribution < -0.4 is 60.3 Å². The normalized spacial score (nSPS) is 11.3. The molecule has 0 aliphatic rings. The fourth-order valence-electron chi connectivity index (χ4n) is 15.9. The van der Waals surface area contributed by atoms with Gasteiger partial charge in [-0.2, -0.15) is 0 Å². The number of hydrogen-bond acceptors (Lipinski definition) is 12. The average Bonchev–Trinajstić information content (AvgIpc) is 0.725. The molecule has 0 aliphatic heterocycles. The highest BCUT2D eigenvalue weighted by Gasteiger charge is 2.24. The zero-order chi connectivity index (χ0) is 86.0. The molecular formula is C102H174N6O12. The van der Waals surface area contributed by atoms with E-state index in [4.69, 9.17) is 28.4 Å². The summed E-state index contributed by atoms with van der Waals surface area (Å²) < 4.78 is 39.4. The van der Waals surface area contributed by atoms with E-state index in [1.807, 2.05) is 0 Å². The summed E-state index contributed by atoms with van der Waals surface area (Å²) in [6.45, 7) is 14.4. The summed E-state index contributed by atoms with van der Waals surface area (Å²) in [6.07, 6.45) is 70.5. The molecule has 4 rings (SSSR count). The maximum absolute atomic E-state index is 13.9. The number of rotatable bonds is 84. The van der Waals surface area contributed by atoms with E-state index in [9.17, 15) is 28.8 Å². The number of benzene rings is 4. The highest BCUT2D eigenvalue weighted by Crippen LogP contribution is 2.47. The van der Waals surface area contributed by atoms with Crippen LogP contribution in [0.3, 0.4) is 0 Å². The minimum atomic E-state index is -0.343. The molecule has 18 nitrogen and oxygen atoms in total. The molecule has 18 heteroatoms. The minimum absolute atomic E-state index is 0.201. The van der Waals surface area contributed by atoms with Crippen LogP contribution in [0, 0.1) is 0 Å². The zero-order valence-electron chi connectivity index (χ0n) is 77.3. The number of hydrogen-bond donors (Lipinski definition) is 6. The van der Waals surface area contributed by atoms with Crippen molar-refractivity contribution in [1.29, 1.82) is 0 Å². The Hall–Kier alpha value is -6.72. The van der Waals surface area contributed by atoms with E-state index in [0.29, 0.717) is 71.6 Å². The molecule has 0 heterocycles. The van der Waals surface area contributed by atoms with Crippen molar-refractivity contribution < 1.29 is 57.2 Å². The summed E-state index contributed by atoms with van der Waals surface area (Å²) in [5, 5.41) is 22.1. The zero-order valence-corrected chi connectivity index (χ0v) is 77.3. The van der Waals surface area contributed by atoms with Crippen LogP contribution in [-0.2, 0) is 28.8 Å². The second kappa shape index (κ2) is 73.8. The summed E-state index contributed by atoms with van der Waals surface area (Å²) in [6, 6.07) is 10.8. The maximum Gasteiger partial charge on any atom is 0.257 e. The van der Waals surface area contributed by atoms with Gasteiger partial charge in [0.05, 0.1) is 0 Å². The average molecular weight is 1680 g/mol. The summed E-state index contributed by atoms with van der Waals surface area (Å²) >= 11 is 0. The first-order valence-electron chi connectivity index (χ1n) is 49.9. The summed E-state index contributed by atoms with van der Waals surface area (Å²) in [5.74, 6) is -0.624. The fraction of sp³-hybridized carbons (Fsp3) is 0.765. The lowest BCUT2D eigenvalue weighted by molar-refractivity contribution is -0.124. The van der Waals surface area contributed by atoms with Crippen LogP contribution in [0.15, 0.2) is 36.4 Å². The Balaban J connectivity index is 1.85. The third-order valence-corrected chi connectivity index (χ3v) is 23.4. The van der Waals surface area contributed by atoms with E-state index >= 15 is 0 Å². The molecule has 0 bridgehead atoms. The second-order valence-electron chi connectivity index (χ2n) is 34.5. The molecule has 6 amide bonds. The molecule has 4 aromatic rings. The Morgan fingerprint density at radius 1 is 0.167 bits per heavy atom. The van der Waals surface area contributed by atoms with Crippen molar-refractivity contribution in [2.75, 3.05) is 78.9 Å². The molecule has 4 aromatic carbocycles. The first-order chi connectivity index (χ1) is 59.0. The van der Waals surface area contributed by atoms with Gasteiger partial charge in [0, 0.05) is 39.3 Å². The topological polar surface area (TPSA) is 230 Å². The van der Waals surface area contributed by atoms with Crippen LogP contribution in [0.4, 0.5) is 0 Å². The Kier molecular flexibility index (Phi) is 64.9. The number of carbonyl (C=O) groups is 6. The first-order valence-corrected chi connectivity index (χ1v) is 49.9. The molecule has 0 spiro atoms. The van der Waals surface area contributed by atoms with Gasteiger partial charge >= 0.3 is 0 Å². The SMILES string of the molecule is CCCCCCCCCCCCNC(=O)COc1cc2c3cc(OCC(=O)NCCCCCCCCCCCC)c(OCC(=O)NCCCCCCCCCCCC)cc3c3cc(OCC(=O)NCCCCCCCCCCCC)c(OCC(=O)NCCCCCCCCCCCC)cc3c2cc1OCC(=O)NCCCCCCCCCCCC. The standard InChI is InChI=1S/C102H174N6O12/c1-7-13-19-25-31-37-43-49-55-61-67-103-97(109)79-115-91-73-85-86(74-92(91)116-80-98(110)104-68-62-56-50-44-38-32-26-20-14-8-2)88-76-94(118-82-100(112)106-70-64-58-52-46-40-34-28-22-16-10-4)96(120-84-102(114)108-72-66-60-54-48-42-36-30-24-18-12-6)78-90(88)89-77-95(119-83-101(113)107-71-65-59-53-47-41-35-29-23-17-11-5)93(75-87(85)89)117-81-99(111)105-69-63-57-51-45-39-33-27-21-15-9-3/h73-78H,7-72,79-84H2,1-6H3,(H,103,109)(H,104,110)(H,105,111)(H,106,112)(H,107,113)(H,108,114). The predicted octanol–water partition coefficient (Wildman–Crippen LogP) is 25.6. The van der Waals surface area contributed by atoms with Gasteiger partial charge in [-0.25, -0.2) is 0 Å². The molecule has 0 saturated carbocycles. The Labute approximate surface area is 729 Å². The van der Waals surface area contributed by atoms with Crippen molar-refractivity contribution in [1.82, 2.24) is 31.9 Å². The molecule has 0 radical (unpaired) electrons. The highest BCUT2D eigenvalue weighted by molar-refractivity contribution is 6.27. The number of nitrogens with one attached hydrogen (secondary N) is 6. The van der Waals surface area contributed by atoms with E-state index < -0.39 is 0 Å². The van der Waals surface area contributed by atoms with Crippen molar-refractivity contribution in [3.8, 4) is 34.5 Å². The molecule has 0 atom stereocenters. The van der Waals surface area contributed by atoms with Gasteiger partial charge in [0.25, 0.3) is 35.4 Å². The molecular weight excluding hydrogens is 1500 g/mol. The Morgan fingerprint density at radius 2 is 0.267 bits per heavy atom. The quantitative estimate of drug-likeness (QED) is 0.0179. The van der Waals surface area contributed by atoms with Gasteiger partial charge in [0.15, 0.2) is 74.1 Å². The van der Waals surface area contributed by atoms with Crippen molar-refractivity contribution in [3.63, 3.8) is 0 Å². The molecule has 0 unspecified atom stereocenters. The Bertz CT molecular complexity index is 2710. The summed E-state index contributed by atoms with van der Waals surface area (Å²) in [7, 11) is 0.